The summed E-state index contributed by atoms with van der Waals surface area (Å²) in [7, 11) is 0. The molecule has 1 atom stereocenters. The van der Waals surface area contributed by atoms with Gasteiger partial charge in [0.15, 0.2) is 0 Å². The van der Waals surface area contributed by atoms with Crippen molar-refractivity contribution in [2.75, 3.05) is 0 Å². The lowest BCUT2D eigenvalue weighted by molar-refractivity contribution is -0.121. The maximum atomic E-state index is 12.1. The maximum absolute atomic E-state index is 12.1. The van der Waals surface area contributed by atoms with E-state index < -0.39 is 0 Å². The van der Waals surface area contributed by atoms with E-state index >= 15 is 0 Å². The Morgan fingerprint density at radius 1 is 1.35 bits per heavy atom. The number of rotatable bonds is 5. The van der Waals surface area contributed by atoms with Gasteiger partial charge in [0, 0.05) is 5.38 Å². The third-order valence-corrected chi connectivity index (χ3v) is 4.28. The number of aryl methyl sites for hydroxylation is 1. The summed E-state index contributed by atoms with van der Waals surface area (Å²) in [6, 6.07) is 7.81. The molecular weight excluding hydrogens is 310 g/mol. The lowest BCUT2D eigenvalue weighted by Crippen LogP contribution is -2.28. The van der Waals surface area contributed by atoms with Gasteiger partial charge >= 0.3 is 0 Å². The largest absolute Gasteiger partial charge is 0.349 e. The zero-order valence-corrected chi connectivity index (χ0v) is 13.7. The van der Waals surface area contributed by atoms with Gasteiger partial charge < -0.3 is 5.32 Å². The molecule has 2 heterocycles. The van der Waals surface area contributed by atoms with E-state index in [1.807, 2.05) is 43.5 Å². The molecule has 0 radical (unpaired) electrons. The number of thiazole rings is 1. The van der Waals surface area contributed by atoms with Gasteiger partial charge in [0.25, 0.3) is 0 Å². The van der Waals surface area contributed by atoms with E-state index in [9.17, 15) is 4.79 Å². The van der Waals surface area contributed by atoms with Crippen LogP contribution in [-0.4, -0.2) is 25.7 Å². The van der Waals surface area contributed by atoms with E-state index in [0.29, 0.717) is 6.42 Å². The molecule has 2 aromatic heterocycles. The minimum atomic E-state index is -0.0629. The summed E-state index contributed by atoms with van der Waals surface area (Å²) in [5.41, 5.74) is 2.79. The summed E-state index contributed by atoms with van der Waals surface area (Å²) in [6.45, 7) is 3.90. The van der Waals surface area contributed by atoms with Crippen molar-refractivity contribution in [2.45, 2.75) is 26.3 Å². The lowest BCUT2D eigenvalue weighted by Gasteiger charge is -2.14. The molecule has 0 saturated heterocycles. The van der Waals surface area contributed by atoms with Crippen molar-refractivity contribution in [2.24, 2.45) is 0 Å². The van der Waals surface area contributed by atoms with E-state index in [1.54, 1.807) is 22.3 Å². The Hall–Kier alpha value is -2.54. The number of hydrogen-bond donors (Lipinski definition) is 1. The van der Waals surface area contributed by atoms with E-state index in [4.69, 9.17) is 0 Å². The fourth-order valence-corrected chi connectivity index (χ4v) is 2.90. The van der Waals surface area contributed by atoms with E-state index in [-0.39, 0.29) is 11.9 Å². The molecule has 3 rings (SSSR count). The molecule has 0 spiro atoms. The summed E-state index contributed by atoms with van der Waals surface area (Å²) in [5.74, 6) is -0.0249. The highest BCUT2D eigenvalue weighted by Crippen LogP contribution is 2.16. The molecule has 1 N–H and O–H groups in total. The highest BCUT2D eigenvalue weighted by Gasteiger charge is 2.11. The predicted molar refractivity (Wildman–Crippen MR) is 88.5 cm³/mol. The molecule has 6 nitrogen and oxygen atoms in total. The van der Waals surface area contributed by atoms with Gasteiger partial charge in [-0.25, -0.2) is 14.6 Å². The minimum absolute atomic E-state index is 0.0249. The molecule has 7 heteroatoms. The Balaban J connectivity index is 1.61. The lowest BCUT2D eigenvalue weighted by atomic mass is 10.1. The molecule has 118 valence electrons. The number of aromatic nitrogens is 4. The van der Waals surface area contributed by atoms with Gasteiger partial charge in [-0.3, -0.25) is 4.79 Å². The van der Waals surface area contributed by atoms with Crippen LogP contribution in [0.15, 0.2) is 42.3 Å². The molecule has 0 fully saturated rings. The van der Waals surface area contributed by atoms with Crippen LogP contribution in [0.2, 0.25) is 0 Å². The summed E-state index contributed by atoms with van der Waals surface area (Å²) in [5, 5.41) is 9.99. The van der Waals surface area contributed by atoms with Gasteiger partial charge in [-0.1, -0.05) is 12.1 Å². The SMILES string of the molecule is Cc1nc(CC(=O)N[C@H](C)c2ccc(-n3cncn3)cc2)cs1. The smallest absolute Gasteiger partial charge is 0.226 e. The molecular formula is C16H17N5OS. The molecule has 3 aromatic rings. The van der Waals surface area contributed by atoms with Crippen molar-refractivity contribution >= 4 is 17.2 Å². The second-order valence-corrected chi connectivity index (χ2v) is 6.32. The number of hydrogen-bond acceptors (Lipinski definition) is 5. The third-order valence-electron chi connectivity index (χ3n) is 3.46. The molecule has 0 aliphatic carbocycles. The average molecular weight is 327 g/mol. The van der Waals surface area contributed by atoms with Gasteiger partial charge in [0.1, 0.15) is 12.7 Å². The quantitative estimate of drug-likeness (QED) is 0.781. The minimum Gasteiger partial charge on any atom is -0.349 e. The van der Waals surface area contributed by atoms with Crippen LogP contribution in [0, 0.1) is 6.92 Å². The Morgan fingerprint density at radius 2 is 2.13 bits per heavy atom. The molecule has 0 unspecified atom stereocenters. The number of amides is 1. The number of carbonyl (C=O) groups is 1. The van der Waals surface area contributed by atoms with Gasteiger partial charge in [-0.2, -0.15) is 5.10 Å². The number of nitrogens with zero attached hydrogens (tertiary/aromatic N) is 4. The van der Waals surface area contributed by atoms with Gasteiger partial charge in [0.05, 0.1) is 28.9 Å². The summed E-state index contributed by atoms with van der Waals surface area (Å²) in [4.78, 5) is 20.3. The summed E-state index contributed by atoms with van der Waals surface area (Å²) >= 11 is 1.56. The Labute approximate surface area is 138 Å². The first-order valence-corrected chi connectivity index (χ1v) is 8.15. The summed E-state index contributed by atoms with van der Waals surface area (Å²) < 4.78 is 1.69. The average Bonchev–Trinajstić information content (AvgIpc) is 3.19. The van der Waals surface area contributed by atoms with Gasteiger partial charge in [0.2, 0.25) is 5.91 Å². The molecule has 0 aliphatic heterocycles. The highest BCUT2D eigenvalue weighted by atomic mass is 32.1. The van der Waals surface area contributed by atoms with E-state index in [0.717, 1.165) is 22.0 Å². The topological polar surface area (TPSA) is 72.7 Å². The Kier molecular flexibility index (Phi) is 4.47. The second kappa shape index (κ2) is 6.70. The standard InChI is InChI=1S/C16H17N5OS/c1-11(19-16(22)7-14-8-23-12(2)20-14)13-3-5-15(6-4-13)21-10-17-9-18-21/h3-6,8-11H,7H2,1-2H3,(H,19,22)/t11-/m1/s1. The van der Waals surface area contributed by atoms with Crippen molar-refractivity contribution in [1.82, 2.24) is 25.1 Å². The monoisotopic (exact) mass is 327 g/mol. The fraction of sp³-hybridized carbons (Fsp3) is 0.250. The van der Waals surface area contributed by atoms with Gasteiger partial charge in [-0.05, 0) is 31.5 Å². The molecule has 0 aliphatic rings. The van der Waals surface area contributed by atoms with Crippen molar-refractivity contribution < 1.29 is 4.79 Å². The Morgan fingerprint density at radius 3 is 2.74 bits per heavy atom. The summed E-state index contributed by atoms with van der Waals surface area (Å²) in [6.07, 6.45) is 3.46. The van der Waals surface area contributed by atoms with Crippen LogP contribution in [0.25, 0.3) is 5.69 Å². The van der Waals surface area contributed by atoms with Crippen LogP contribution in [0.4, 0.5) is 0 Å². The first-order valence-electron chi connectivity index (χ1n) is 7.27. The second-order valence-electron chi connectivity index (χ2n) is 5.26. The van der Waals surface area contributed by atoms with Crippen molar-refractivity contribution in [3.8, 4) is 5.69 Å². The van der Waals surface area contributed by atoms with Crippen molar-refractivity contribution in [3.63, 3.8) is 0 Å². The molecule has 0 saturated carbocycles. The van der Waals surface area contributed by atoms with Gasteiger partial charge in [-0.15, -0.1) is 11.3 Å². The zero-order valence-electron chi connectivity index (χ0n) is 12.9. The first kappa shape index (κ1) is 15.4. The molecule has 1 amide bonds. The zero-order chi connectivity index (χ0) is 16.2. The normalized spacial score (nSPS) is 12.1. The van der Waals surface area contributed by atoms with Crippen LogP contribution < -0.4 is 5.32 Å². The third kappa shape index (κ3) is 3.81. The molecule has 1 aromatic carbocycles. The first-order chi connectivity index (χ1) is 11.1. The number of carbonyl (C=O) groups excluding carboxylic acids is 1. The number of benzene rings is 1. The number of nitrogens with one attached hydrogen (secondary N) is 1. The van der Waals surface area contributed by atoms with Crippen LogP contribution in [0.5, 0.6) is 0 Å². The highest BCUT2D eigenvalue weighted by molar-refractivity contribution is 7.09. The Bertz CT molecular complexity index is 779. The van der Waals surface area contributed by atoms with Crippen LogP contribution >= 0.6 is 11.3 Å². The van der Waals surface area contributed by atoms with E-state index in [2.05, 4.69) is 20.4 Å². The van der Waals surface area contributed by atoms with Crippen LogP contribution in [-0.2, 0) is 11.2 Å². The van der Waals surface area contributed by atoms with Crippen LogP contribution in [0.1, 0.15) is 29.2 Å². The predicted octanol–water partition coefficient (Wildman–Crippen LogP) is 2.45. The van der Waals surface area contributed by atoms with E-state index in [1.165, 1.54) is 6.33 Å². The fourth-order valence-electron chi connectivity index (χ4n) is 2.29. The van der Waals surface area contributed by atoms with Crippen LogP contribution in [0.3, 0.4) is 0 Å². The van der Waals surface area contributed by atoms with Crippen molar-refractivity contribution in [3.05, 3.63) is 58.6 Å². The molecule has 23 heavy (non-hydrogen) atoms. The van der Waals surface area contributed by atoms with Crippen molar-refractivity contribution in [1.29, 1.82) is 0 Å². The molecule has 0 bridgehead atoms. The maximum Gasteiger partial charge on any atom is 0.226 e.